The van der Waals surface area contributed by atoms with Gasteiger partial charge in [0.15, 0.2) is 0 Å². The topological polar surface area (TPSA) is 87.6 Å². The number of hydrogen-bond acceptors (Lipinski definition) is 5. The van der Waals surface area contributed by atoms with Crippen LogP contribution in [0, 0.1) is 5.82 Å². The van der Waals surface area contributed by atoms with Crippen LogP contribution >= 0.6 is 11.8 Å². The van der Waals surface area contributed by atoms with Gasteiger partial charge in [-0.3, -0.25) is 14.5 Å². The molecular weight excluding hydrogens is 401 g/mol. The van der Waals surface area contributed by atoms with Gasteiger partial charge in [0.05, 0.1) is 4.90 Å². The van der Waals surface area contributed by atoms with Gasteiger partial charge in [-0.05, 0) is 48.3 Å². The Bertz CT molecular complexity index is 992. The van der Waals surface area contributed by atoms with Crippen molar-refractivity contribution in [2.24, 2.45) is 4.99 Å². The molecule has 1 aliphatic rings. The number of hydrogen-bond donors (Lipinski definition) is 2. The number of rotatable bonds is 7. The maximum Gasteiger partial charge on any atom is 0.263 e. The molecule has 2 aromatic rings. The molecule has 0 radical (unpaired) electrons. The van der Waals surface area contributed by atoms with Crippen molar-refractivity contribution in [3.8, 4) is 0 Å². The van der Waals surface area contributed by atoms with Crippen molar-refractivity contribution in [3.63, 3.8) is 0 Å². The van der Waals surface area contributed by atoms with Crippen molar-refractivity contribution in [2.45, 2.75) is 23.9 Å². The molecule has 148 valence electrons. The molecule has 0 fully saturated rings. The lowest BCUT2D eigenvalue weighted by Gasteiger charge is -2.14. The van der Waals surface area contributed by atoms with E-state index in [1.165, 1.54) is 18.2 Å². The highest BCUT2D eigenvalue weighted by Gasteiger charge is 2.31. The fourth-order valence-corrected chi connectivity index (χ4v) is 4.48. The van der Waals surface area contributed by atoms with Crippen molar-refractivity contribution < 1.29 is 17.6 Å². The molecule has 0 spiro atoms. The lowest BCUT2D eigenvalue weighted by molar-refractivity contribution is -0.122. The number of amidine groups is 1. The van der Waals surface area contributed by atoms with Crippen molar-refractivity contribution in [1.82, 2.24) is 10.0 Å². The van der Waals surface area contributed by atoms with Crippen molar-refractivity contribution in [1.29, 1.82) is 0 Å². The SMILES string of the molecule is CSCCC(N=C1NS(=O)(=O)c2ccccc21)C(=O)NCc1ccc(F)cc1. The van der Waals surface area contributed by atoms with Gasteiger partial charge < -0.3 is 5.32 Å². The largest absolute Gasteiger partial charge is 0.350 e. The smallest absolute Gasteiger partial charge is 0.263 e. The molecule has 1 atom stereocenters. The molecule has 1 heterocycles. The minimum Gasteiger partial charge on any atom is -0.350 e. The van der Waals surface area contributed by atoms with Crippen LogP contribution in [0.3, 0.4) is 0 Å². The van der Waals surface area contributed by atoms with Crippen LogP contribution in [0.2, 0.25) is 0 Å². The van der Waals surface area contributed by atoms with Crippen molar-refractivity contribution in [2.75, 3.05) is 12.0 Å². The number of sulfonamides is 1. The summed E-state index contributed by atoms with van der Waals surface area (Å²) in [5.74, 6) is 0.222. The predicted molar refractivity (Wildman–Crippen MR) is 108 cm³/mol. The van der Waals surface area contributed by atoms with E-state index < -0.39 is 16.1 Å². The summed E-state index contributed by atoms with van der Waals surface area (Å²) in [5.41, 5.74) is 1.22. The van der Waals surface area contributed by atoms with E-state index in [2.05, 4.69) is 15.0 Å². The number of carbonyl (C=O) groups is 1. The molecule has 0 bridgehead atoms. The van der Waals surface area contributed by atoms with Gasteiger partial charge in [-0.2, -0.15) is 11.8 Å². The molecule has 1 unspecified atom stereocenters. The monoisotopic (exact) mass is 421 g/mol. The molecule has 1 aliphatic heterocycles. The number of aliphatic imine (C=N–C) groups is 1. The van der Waals surface area contributed by atoms with E-state index in [4.69, 9.17) is 0 Å². The normalized spacial score (nSPS) is 17.0. The van der Waals surface area contributed by atoms with Gasteiger partial charge in [-0.25, -0.2) is 12.8 Å². The second-order valence-electron chi connectivity index (χ2n) is 6.22. The molecular formula is C19H20FN3O3S2. The summed E-state index contributed by atoms with van der Waals surface area (Å²) in [7, 11) is -3.66. The second-order valence-corrected chi connectivity index (χ2v) is 8.86. The molecule has 0 aromatic heterocycles. The number of nitrogens with zero attached hydrogens (tertiary/aromatic N) is 1. The first-order chi connectivity index (χ1) is 13.4. The van der Waals surface area contributed by atoms with Gasteiger partial charge in [-0.1, -0.05) is 24.3 Å². The van der Waals surface area contributed by atoms with E-state index in [-0.39, 0.29) is 29.0 Å². The Morgan fingerprint density at radius 1 is 1.21 bits per heavy atom. The quantitative estimate of drug-likeness (QED) is 0.718. The highest BCUT2D eigenvalue weighted by molar-refractivity contribution is 7.98. The number of carbonyl (C=O) groups excluding carboxylic acids is 1. The van der Waals surface area contributed by atoms with Crippen molar-refractivity contribution in [3.05, 3.63) is 65.5 Å². The number of fused-ring (bicyclic) bond motifs is 1. The summed E-state index contributed by atoms with van der Waals surface area (Å²) in [6.45, 7) is 0.238. The van der Waals surface area contributed by atoms with E-state index in [1.54, 1.807) is 42.1 Å². The predicted octanol–water partition coefficient (Wildman–Crippen LogP) is 2.30. The molecule has 6 nitrogen and oxygen atoms in total. The molecule has 9 heteroatoms. The molecule has 0 saturated carbocycles. The van der Waals surface area contributed by atoms with Crippen LogP contribution in [0.4, 0.5) is 4.39 Å². The molecule has 28 heavy (non-hydrogen) atoms. The van der Waals surface area contributed by atoms with Gasteiger partial charge in [-0.15, -0.1) is 0 Å². The number of nitrogens with one attached hydrogen (secondary N) is 2. The number of thioether (sulfide) groups is 1. The van der Waals surface area contributed by atoms with E-state index in [0.717, 1.165) is 5.56 Å². The standard InChI is InChI=1S/C19H20FN3O3S2/c1-27-11-10-16(19(24)21-12-13-6-8-14(20)9-7-13)22-18-15-4-2-3-5-17(15)28(25,26)23-18/h2-9,16H,10-12H2,1H3,(H,21,24)(H,22,23). The van der Waals surface area contributed by atoms with Gasteiger partial charge >= 0.3 is 0 Å². The third-order valence-electron chi connectivity index (χ3n) is 4.23. The van der Waals surface area contributed by atoms with E-state index >= 15 is 0 Å². The first-order valence-electron chi connectivity index (χ1n) is 8.62. The van der Waals surface area contributed by atoms with Gasteiger partial charge in [0.2, 0.25) is 5.91 Å². The van der Waals surface area contributed by atoms with Crippen LogP contribution in [-0.2, 0) is 21.4 Å². The van der Waals surface area contributed by atoms with Crippen LogP contribution in [0.15, 0.2) is 58.4 Å². The summed E-state index contributed by atoms with van der Waals surface area (Å²) in [6.07, 6.45) is 2.39. The van der Waals surface area contributed by atoms with E-state index in [0.29, 0.717) is 17.7 Å². The summed E-state index contributed by atoms with van der Waals surface area (Å²) in [5, 5.41) is 2.79. The van der Waals surface area contributed by atoms with Gasteiger partial charge in [0.1, 0.15) is 17.7 Å². The minimum absolute atomic E-state index is 0.157. The van der Waals surface area contributed by atoms with Crippen LogP contribution in [-0.4, -0.2) is 38.2 Å². The fourth-order valence-electron chi connectivity index (χ4n) is 2.78. The zero-order valence-corrected chi connectivity index (χ0v) is 16.8. The minimum atomic E-state index is -3.66. The molecule has 0 saturated heterocycles. The lowest BCUT2D eigenvalue weighted by atomic mass is 10.1. The molecule has 1 amide bonds. The van der Waals surface area contributed by atoms with Crippen molar-refractivity contribution >= 4 is 33.5 Å². The summed E-state index contributed by atoms with van der Waals surface area (Å²) in [6, 6.07) is 11.6. The molecule has 3 rings (SSSR count). The maximum atomic E-state index is 13.0. The third kappa shape index (κ3) is 4.71. The Labute approximate surface area is 167 Å². The second kappa shape index (κ2) is 8.74. The number of benzene rings is 2. The Morgan fingerprint density at radius 3 is 2.64 bits per heavy atom. The Hall–Kier alpha value is -2.39. The Morgan fingerprint density at radius 2 is 1.93 bits per heavy atom. The molecule has 2 aromatic carbocycles. The lowest BCUT2D eigenvalue weighted by Crippen LogP contribution is -2.35. The Kier molecular flexibility index (Phi) is 6.35. The van der Waals surface area contributed by atoms with Gasteiger partial charge in [0.25, 0.3) is 10.0 Å². The summed E-state index contributed by atoms with van der Waals surface area (Å²) in [4.78, 5) is 17.2. The van der Waals surface area contributed by atoms with Crippen LogP contribution in [0.5, 0.6) is 0 Å². The first-order valence-corrected chi connectivity index (χ1v) is 11.5. The zero-order valence-electron chi connectivity index (χ0n) is 15.2. The maximum absolute atomic E-state index is 13.0. The van der Waals surface area contributed by atoms with Crippen LogP contribution in [0.1, 0.15) is 17.5 Å². The Balaban J connectivity index is 1.79. The highest BCUT2D eigenvalue weighted by Crippen LogP contribution is 2.23. The highest BCUT2D eigenvalue weighted by atomic mass is 32.2. The average molecular weight is 422 g/mol. The summed E-state index contributed by atoms with van der Waals surface area (Å²) >= 11 is 1.58. The number of halogens is 1. The van der Waals surface area contributed by atoms with Crippen LogP contribution < -0.4 is 10.0 Å². The van der Waals surface area contributed by atoms with E-state index in [1.807, 2.05) is 6.26 Å². The third-order valence-corrected chi connectivity index (χ3v) is 6.27. The van der Waals surface area contributed by atoms with Gasteiger partial charge in [0, 0.05) is 12.1 Å². The number of amides is 1. The zero-order chi connectivity index (χ0) is 20.1. The van der Waals surface area contributed by atoms with Crippen LogP contribution in [0.25, 0.3) is 0 Å². The molecule has 0 aliphatic carbocycles. The molecule has 2 N–H and O–H groups in total. The first kappa shape index (κ1) is 20.3. The summed E-state index contributed by atoms with van der Waals surface area (Å²) < 4.78 is 39.9. The van der Waals surface area contributed by atoms with E-state index in [9.17, 15) is 17.6 Å². The fraction of sp³-hybridized carbons (Fsp3) is 0.263. The average Bonchev–Trinajstić information content (AvgIpc) is 2.95.